The minimum Gasteiger partial charge on any atom is -0.333 e. The van der Waals surface area contributed by atoms with Crippen molar-refractivity contribution in [2.45, 2.75) is 59.0 Å². The van der Waals surface area contributed by atoms with Crippen LogP contribution in [0, 0.1) is 5.92 Å². The number of rotatable bonds is 2. The van der Waals surface area contributed by atoms with Gasteiger partial charge in [-0.3, -0.25) is 19.5 Å². The van der Waals surface area contributed by atoms with E-state index in [2.05, 4.69) is 22.5 Å². The summed E-state index contributed by atoms with van der Waals surface area (Å²) in [6.45, 7) is 7.44. The number of amides is 3. The number of carbonyl (C=O) groups excluding carboxylic acids is 2. The highest BCUT2D eigenvalue weighted by atomic mass is 32.1. The van der Waals surface area contributed by atoms with Crippen LogP contribution in [0.2, 0.25) is 0 Å². The average molecular weight is 376 g/mol. The van der Waals surface area contributed by atoms with Crippen molar-refractivity contribution >= 4 is 33.5 Å². The Kier molecular flexibility index (Phi) is 4.88. The number of imide groups is 1. The zero-order valence-electron chi connectivity index (χ0n) is 15.5. The first kappa shape index (κ1) is 18.6. The fraction of sp³-hybridized carbons (Fsp3) is 0.556. The molecular weight excluding hydrogens is 352 g/mol. The molecule has 140 valence electrons. The van der Waals surface area contributed by atoms with Crippen molar-refractivity contribution in [2.75, 3.05) is 0 Å². The topological polar surface area (TPSA) is 93.1 Å². The maximum absolute atomic E-state index is 12.8. The predicted octanol–water partition coefficient (Wildman–Crippen LogP) is 2.21. The molecule has 0 unspecified atom stereocenters. The van der Waals surface area contributed by atoms with Crippen molar-refractivity contribution in [3.63, 3.8) is 0 Å². The first-order valence-corrected chi connectivity index (χ1v) is 9.57. The summed E-state index contributed by atoms with van der Waals surface area (Å²) in [6, 6.07) is -0.577. The van der Waals surface area contributed by atoms with Gasteiger partial charge in [0, 0.05) is 10.4 Å². The lowest BCUT2D eigenvalue weighted by Gasteiger charge is -2.20. The molecule has 0 bridgehead atoms. The third kappa shape index (κ3) is 3.95. The molecule has 0 saturated heterocycles. The number of hydrogen-bond donors (Lipinski definition) is 2. The highest BCUT2D eigenvalue weighted by Gasteiger charge is 2.23. The van der Waals surface area contributed by atoms with E-state index in [-0.39, 0.29) is 12.1 Å². The Bertz CT molecular complexity index is 923. The van der Waals surface area contributed by atoms with Crippen LogP contribution in [-0.4, -0.2) is 27.0 Å². The van der Waals surface area contributed by atoms with E-state index in [1.54, 1.807) is 11.3 Å². The quantitative estimate of drug-likeness (QED) is 0.840. The molecule has 2 aromatic rings. The lowest BCUT2D eigenvalue weighted by Crippen LogP contribution is -2.49. The highest BCUT2D eigenvalue weighted by Crippen LogP contribution is 2.35. The van der Waals surface area contributed by atoms with Gasteiger partial charge in [0.05, 0.1) is 11.7 Å². The Labute approximate surface area is 155 Å². The molecule has 2 heterocycles. The number of aromatic nitrogens is 2. The number of hydrogen-bond acceptors (Lipinski definition) is 5. The van der Waals surface area contributed by atoms with Gasteiger partial charge in [-0.15, -0.1) is 11.3 Å². The highest BCUT2D eigenvalue weighted by molar-refractivity contribution is 7.18. The van der Waals surface area contributed by atoms with Gasteiger partial charge in [0.1, 0.15) is 11.4 Å². The maximum atomic E-state index is 12.8. The van der Waals surface area contributed by atoms with Crippen LogP contribution in [0.25, 0.3) is 10.2 Å². The van der Waals surface area contributed by atoms with Crippen molar-refractivity contribution in [2.24, 2.45) is 5.92 Å². The van der Waals surface area contributed by atoms with Gasteiger partial charge in [0.15, 0.2) is 0 Å². The number of thiophene rings is 1. The summed E-state index contributed by atoms with van der Waals surface area (Å²) in [5, 5.41) is 5.53. The lowest BCUT2D eigenvalue weighted by molar-refractivity contribution is -0.120. The van der Waals surface area contributed by atoms with Gasteiger partial charge in [-0.05, 0) is 51.5 Å². The summed E-state index contributed by atoms with van der Waals surface area (Å²) < 4.78 is 1.27. The number of nitrogens with one attached hydrogen (secondary N) is 2. The third-order valence-corrected chi connectivity index (χ3v) is 5.50. The molecule has 1 atom stereocenters. The summed E-state index contributed by atoms with van der Waals surface area (Å²) in [4.78, 5) is 43.1. The van der Waals surface area contributed by atoms with E-state index >= 15 is 0 Å². The minimum atomic E-state index is -0.577. The molecule has 0 fully saturated rings. The standard InChI is InChI=1S/C18H24N4O3S/c1-10-5-6-11-12(7-10)26-15-14(11)16(24)22(9-19-15)8-13(23)20-17(25)21-18(2,3)4/h9-10H,5-8H2,1-4H3,(H2,20,21,23,25)/t10-/m0/s1. The fourth-order valence-corrected chi connectivity index (χ4v) is 4.51. The predicted molar refractivity (Wildman–Crippen MR) is 101 cm³/mol. The Morgan fingerprint density at radius 1 is 1.38 bits per heavy atom. The van der Waals surface area contributed by atoms with Crippen molar-refractivity contribution in [3.8, 4) is 0 Å². The van der Waals surface area contributed by atoms with E-state index in [9.17, 15) is 14.4 Å². The molecular formula is C18H24N4O3S. The van der Waals surface area contributed by atoms with Crippen molar-refractivity contribution in [3.05, 3.63) is 27.1 Å². The second-order valence-corrected chi connectivity index (χ2v) is 9.05. The summed E-state index contributed by atoms with van der Waals surface area (Å²) >= 11 is 1.57. The number of nitrogens with zero attached hydrogens (tertiary/aromatic N) is 2. The average Bonchev–Trinajstić information content (AvgIpc) is 2.86. The molecule has 3 rings (SSSR count). The first-order chi connectivity index (χ1) is 12.1. The molecule has 26 heavy (non-hydrogen) atoms. The number of aryl methyl sites for hydroxylation is 1. The molecule has 2 N–H and O–H groups in total. The van der Waals surface area contributed by atoms with E-state index in [1.807, 2.05) is 20.8 Å². The van der Waals surface area contributed by atoms with E-state index in [0.29, 0.717) is 11.3 Å². The number of fused-ring (bicyclic) bond motifs is 3. The van der Waals surface area contributed by atoms with Crippen LogP contribution in [0.1, 0.15) is 44.6 Å². The van der Waals surface area contributed by atoms with Gasteiger partial charge in [0.25, 0.3) is 5.56 Å². The molecule has 8 heteroatoms. The monoisotopic (exact) mass is 376 g/mol. The van der Waals surface area contributed by atoms with E-state index < -0.39 is 17.5 Å². The minimum absolute atomic E-state index is 0.214. The Morgan fingerprint density at radius 3 is 2.81 bits per heavy atom. The van der Waals surface area contributed by atoms with Crippen LogP contribution in [0.5, 0.6) is 0 Å². The van der Waals surface area contributed by atoms with Gasteiger partial charge in [-0.1, -0.05) is 6.92 Å². The second kappa shape index (κ2) is 6.83. The van der Waals surface area contributed by atoms with Crippen LogP contribution in [0.15, 0.2) is 11.1 Å². The van der Waals surface area contributed by atoms with Crippen LogP contribution >= 0.6 is 11.3 Å². The Balaban J connectivity index is 1.81. The van der Waals surface area contributed by atoms with Gasteiger partial charge in [-0.2, -0.15) is 0 Å². The number of urea groups is 1. The lowest BCUT2D eigenvalue weighted by atomic mass is 9.89. The van der Waals surface area contributed by atoms with Crippen molar-refractivity contribution in [1.82, 2.24) is 20.2 Å². The molecule has 7 nitrogen and oxygen atoms in total. The summed E-state index contributed by atoms with van der Waals surface area (Å²) in [7, 11) is 0. The van der Waals surface area contributed by atoms with Gasteiger partial charge in [0.2, 0.25) is 5.91 Å². The zero-order chi connectivity index (χ0) is 19.1. The summed E-state index contributed by atoms with van der Waals surface area (Å²) in [5.41, 5.74) is 0.420. The third-order valence-electron chi connectivity index (χ3n) is 4.34. The molecule has 3 amide bonds. The SMILES string of the molecule is C[C@H]1CCc2c(sc3ncn(CC(=O)NC(=O)NC(C)(C)C)c(=O)c23)C1. The largest absolute Gasteiger partial charge is 0.333 e. The van der Waals surface area contributed by atoms with Gasteiger partial charge in [-0.25, -0.2) is 9.78 Å². The maximum Gasteiger partial charge on any atom is 0.321 e. The second-order valence-electron chi connectivity index (χ2n) is 7.96. The molecule has 1 aliphatic rings. The smallest absolute Gasteiger partial charge is 0.321 e. The molecule has 1 aliphatic carbocycles. The first-order valence-electron chi connectivity index (χ1n) is 8.75. The normalized spacial score (nSPS) is 17.0. The summed E-state index contributed by atoms with van der Waals surface area (Å²) in [6.07, 6.45) is 4.29. The van der Waals surface area contributed by atoms with Crippen LogP contribution in [-0.2, 0) is 24.2 Å². The fourth-order valence-electron chi connectivity index (χ4n) is 3.17. The Morgan fingerprint density at radius 2 is 2.12 bits per heavy atom. The summed E-state index contributed by atoms with van der Waals surface area (Å²) in [5.74, 6) is 0.0672. The van der Waals surface area contributed by atoms with Crippen molar-refractivity contribution < 1.29 is 9.59 Å². The molecule has 0 aromatic carbocycles. The van der Waals surface area contributed by atoms with Gasteiger partial charge >= 0.3 is 6.03 Å². The number of carbonyl (C=O) groups is 2. The van der Waals surface area contributed by atoms with Crippen molar-refractivity contribution in [1.29, 1.82) is 0 Å². The van der Waals surface area contributed by atoms with E-state index in [4.69, 9.17) is 0 Å². The molecule has 0 aliphatic heterocycles. The van der Waals surface area contributed by atoms with Crippen LogP contribution in [0.4, 0.5) is 4.79 Å². The van der Waals surface area contributed by atoms with Crippen LogP contribution < -0.4 is 16.2 Å². The molecule has 2 aromatic heterocycles. The molecule has 0 radical (unpaired) electrons. The zero-order valence-corrected chi connectivity index (χ0v) is 16.3. The van der Waals surface area contributed by atoms with E-state index in [1.165, 1.54) is 15.8 Å². The molecule has 0 spiro atoms. The van der Waals surface area contributed by atoms with E-state index in [0.717, 1.165) is 29.7 Å². The Hall–Kier alpha value is -2.22. The van der Waals surface area contributed by atoms with Crippen LogP contribution in [0.3, 0.4) is 0 Å². The van der Waals surface area contributed by atoms with Gasteiger partial charge < -0.3 is 5.32 Å². The molecule has 0 saturated carbocycles.